The summed E-state index contributed by atoms with van der Waals surface area (Å²) in [6.45, 7) is 6.88. The zero-order chi connectivity index (χ0) is 10.3. The lowest BCUT2D eigenvalue weighted by Gasteiger charge is -2.16. The third-order valence-electron chi connectivity index (χ3n) is 2.86. The van der Waals surface area contributed by atoms with Gasteiger partial charge in [-0.1, -0.05) is 49.0 Å². The summed E-state index contributed by atoms with van der Waals surface area (Å²) in [5.41, 5.74) is 4.67. The number of rotatable bonds is 1. The Morgan fingerprint density at radius 3 is 2.50 bits per heavy atom. The average Bonchev–Trinajstić information content (AvgIpc) is 2.41. The molecule has 0 spiro atoms. The zero-order valence-electron chi connectivity index (χ0n) is 8.76. The molecule has 0 aromatic heterocycles. The second-order valence-electron chi connectivity index (χ2n) is 4.09. The van der Waals surface area contributed by atoms with Gasteiger partial charge in [0.25, 0.3) is 0 Å². The monoisotopic (exact) mass is 221 g/mol. The summed E-state index contributed by atoms with van der Waals surface area (Å²) in [7, 11) is -0.348. The number of benzene rings is 1. The first-order valence-corrected chi connectivity index (χ1v) is 7.84. The molecule has 0 aliphatic heterocycles. The molecule has 0 saturated heterocycles. The minimum atomic E-state index is -0.348. The summed E-state index contributed by atoms with van der Waals surface area (Å²) in [5.74, 6) is 0. The van der Waals surface area contributed by atoms with Crippen LogP contribution in [0.2, 0.25) is 13.1 Å². The van der Waals surface area contributed by atoms with Gasteiger partial charge in [0.2, 0.25) is 0 Å². The van der Waals surface area contributed by atoms with Gasteiger partial charge in [0.05, 0.1) is 8.80 Å². The van der Waals surface area contributed by atoms with E-state index in [-0.39, 0.29) is 8.80 Å². The molecule has 0 amide bonds. The van der Waals surface area contributed by atoms with E-state index < -0.39 is 0 Å². The molecule has 0 saturated carbocycles. The van der Waals surface area contributed by atoms with E-state index in [1.807, 2.05) is 0 Å². The fourth-order valence-corrected chi connectivity index (χ4v) is 4.52. The van der Waals surface area contributed by atoms with Gasteiger partial charge in [-0.3, -0.25) is 0 Å². The largest absolute Gasteiger partial charge is 0.0837 e. The number of fused-ring (bicyclic) bond motifs is 1. The molecule has 2 heteroatoms. The Morgan fingerprint density at radius 2 is 1.86 bits per heavy atom. The van der Waals surface area contributed by atoms with Gasteiger partial charge in [-0.05, 0) is 29.2 Å². The summed E-state index contributed by atoms with van der Waals surface area (Å²) in [6, 6.07) is 8.52. The first kappa shape index (κ1) is 10.0. The van der Waals surface area contributed by atoms with E-state index in [0.29, 0.717) is 5.54 Å². The minimum Gasteiger partial charge on any atom is -0.0837 e. The number of hydrogen-bond acceptors (Lipinski definition) is 0. The smallest absolute Gasteiger partial charge is 0.0552 e. The van der Waals surface area contributed by atoms with Crippen molar-refractivity contribution < 1.29 is 0 Å². The Bertz CT molecular complexity index is 393. The highest BCUT2D eigenvalue weighted by Gasteiger charge is 2.29. The molecule has 1 aliphatic carbocycles. The second-order valence-corrected chi connectivity index (χ2v) is 7.20. The molecule has 0 bridgehead atoms. The van der Waals surface area contributed by atoms with E-state index >= 15 is 0 Å². The number of halogens is 1. The Labute approximate surface area is 92.2 Å². The standard InChI is InChI=1S/C12H14ClSi/c1-8-11(13)9-6-4-5-7-10(9)12(8)14(2)3/h4-7,12H,1-3H3. The van der Waals surface area contributed by atoms with E-state index in [9.17, 15) is 0 Å². The highest BCUT2D eigenvalue weighted by atomic mass is 35.5. The molecule has 0 nitrogen and oxygen atoms in total. The van der Waals surface area contributed by atoms with Crippen molar-refractivity contribution in [1.29, 1.82) is 0 Å². The lowest BCUT2D eigenvalue weighted by atomic mass is 10.1. The Kier molecular flexibility index (Phi) is 2.54. The third-order valence-corrected chi connectivity index (χ3v) is 5.27. The summed E-state index contributed by atoms with van der Waals surface area (Å²) in [6.07, 6.45) is 0. The number of hydrogen-bond donors (Lipinski definition) is 0. The predicted molar refractivity (Wildman–Crippen MR) is 65.1 cm³/mol. The molecule has 2 rings (SSSR count). The first-order chi connectivity index (χ1) is 6.63. The molecule has 1 aliphatic rings. The molecular formula is C12H14ClSi. The maximum Gasteiger partial charge on any atom is 0.0552 e. The van der Waals surface area contributed by atoms with E-state index in [1.165, 1.54) is 16.7 Å². The van der Waals surface area contributed by atoms with Gasteiger partial charge < -0.3 is 0 Å². The van der Waals surface area contributed by atoms with Crippen LogP contribution in [0, 0.1) is 0 Å². The summed E-state index contributed by atoms with van der Waals surface area (Å²) < 4.78 is 0. The van der Waals surface area contributed by atoms with Crippen LogP contribution < -0.4 is 0 Å². The summed E-state index contributed by atoms with van der Waals surface area (Å²) in [4.78, 5) is 0. The van der Waals surface area contributed by atoms with E-state index in [4.69, 9.17) is 11.6 Å². The molecule has 0 heterocycles. The van der Waals surface area contributed by atoms with Crippen LogP contribution in [0.25, 0.3) is 5.03 Å². The fraction of sp³-hybridized carbons (Fsp3) is 0.333. The lowest BCUT2D eigenvalue weighted by Crippen LogP contribution is -2.15. The maximum atomic E-state index is 6.33. The third kappa shape index (κ3) is 1.35. The van der Waals surface area contributed by atoms with Crippen LogP contribution >= 0.6 is 11.6 Å². The van der Waals surface area contributed by atoms with Crippen molar-refractivity contribution in [2.45, 2.75) is 25.6 Å². The van der Waals surface area contributed by atoms with Crippen molar-refractivity contribution in [3.05, 3.63) is 41.0 Å². The molecule has 0 fully saturated rings. The van der Waals surface area contributed by atoms with Crippen LogP contribution in [-0.2, 0) is 0 Å². The fourth-order valence-electron chi connectivity index (χ4n) is 2.27. The van der Waals surface area contributed by atoms with E-state index in [2.05, 4.69) is 44.3 Å². The van der Waals surface area contributed by atoms with Gasteiger partial charge in [0.1, 0.15) is 0 Å². The van der Waals surface area contributed by atoms with Crippen molar-refractivity contribution in [2.75, 3.05) is 0 Å². The van der Waals surface area contributed by atoms with E-state index in [0.717, 1.165) is 5.03 Å². The van der Waals surface area contributed by atoms with Crippen molar-refractivity contribution in [3.8, 4) is 0 Å². The Balaban J connectivity index is 2.58. The maximum absolute atomic E-state index is 6.33. The molecule has 73 valence electrons. The molecular weight excluding hydrogens is 208 g/mol. The summed E-state index contributed by atoms with van der Waals surface area (Å²) in [5, 5.41) is 0.983. The van der Waals surface area contributed by atoms with Crippen molar-refractivity contribution >= 4 is 25.4 Å². The SMILES string of the molecule is CC1=C(Cl)c2ccccc2C1[Si](C)C. The highest BCUT2D eigenvalue weighted by molar-refractivity contribution is 6.61. The van der Waals surface area contributed by atoms with E-state index in [1.54, 1.807) is 0 Å². The topological polar surface area (TPSA) is 0 Å². The van der Waals surface area contributed by atoms with Crippen LogP contribution in [0.3, 0.4) is 0 Å². The van der Waals surface area contributed by atoms with Gasteiger partial charge in [-0.2, -0.15) is 0 Å². The molecule has 1 aromatic carbocycles. The van der Waals surface area contributed by atoms with Crippen LogP contribution in [0.4, 0.5) is 0 Å². The van der Waals surface area contributed by atoms with Gasteiger partial charge >= 0.3 is 0 Å². The van der Waals surface area contributed by atoms with Crippen LogP contribution in [-0.4, -0.2) is 8.80 Å². The molecule has 1 unspecified atom stereocenters. The average molecular weight is 222 g/mol. The van der Waals surface area contributed by atoms with Crippen molar-refractivity contribution in [3.63, 3.8) is 0 Å². The van der Waals surface area contributed by atoms with Gasteiger partial charge in [0.15, 0.2) is 0 Å². The van der Waals surface area contributed by atoms with Gasteiger partial charge in [-0.25, -0.2) is 0 Å². The Morgan fingerprint density at radius 1 is 1.21 bits per heavy atom. The second kappa shape index (κ2) is 3.56. The Hall–Kier alpha value is -0.533. The number of allylic oxidation sites excluding steroid dienone is 1. The predicted octanol–water partition coefficient (Wildman–Crippen LogP) is 4.05. The normalized spacial score (nSPS) is 20.5. The van der Waals surface area contributed by atoms with Crippen LogP contribution in [0.15, 0.2) is 29.8 Å². The molecule has 1 atom stereocenters. The molecule has 14 heavy (non-hydrogen) atoms. The van der Waals surface area contributed by atoms with Crippen molar-refractivity contribution in [2.24, 2.45) is 0 Å². The summed E-state index contributed by atoms with van der Waals surface area (Å²) >= 11 is 6.33. The minimum absolute atomic E-state index is 0.348. The lowest BCUT2D eigenvalue weighted by molar-refractivity contribution is 1.10. The van der Waals surface area contributed by atoms with Crippen molar-refractivity contribution in [1.82, 2.24) is 0 Å². The van der Waals surface area contributed by atoms with Gasteiger partial charge in [-0.15, -0.1) is 0 Å². The molecule has 0 N–H and O–H groups in total. The van der Waals surface area contributed by atoms with Crippen LogP contribution in [0.1, 0.15) is 23.6 Å². The molecule has 1 radical (unpaired) electrons. The zero-order valence-corrected chi connectivity index (χ0v) is 10.5. The highest BCUT2D eigenvalue weighted by Crippen LogP contribution is 2.44. The molecule has 1 aromatic rings. The first-order valence-electron chi connectivity index (χ1n) is 4.88. The van der Waals surface area contributed by atoms with Crippen LogP contribution in [0.5, 0.6) is 0 Å². The van der Waals surface area contributed by atoms with Gasteiger partial charge in [0, 0.05) is 5.03 Å². The quantitative estimate of drug-likeness (QED) is 0.628.